The Morgan fingerprint density at radius 1 is 1.40 bits per heavy atom. The first kappa shape index (κ1) is 16.8. The van der Waals surface area contributed by atoms with Crippen LogP contribution in [0, 0.1) is 0 Å². The van der Waals surface area contributed by atoms with Crippen molar-refractivity contribution in [3.05, 3.63) is 46.0 Å². The average molecular weight is 350 g/mol. The van der Waals surface area contributed by atoms with Gasteiger partial charge in [-0.15, -0.1) is 0 Å². The molecule has 0 saturated carbocycles. The average Bonchev–Trinajstić information content (AvgIpc) is 2.33. The fourth-order valence-corrected chi connectivity index (χ4v) is 2.12. The molecule has 0 N–H and O–H groups in total. The molecule has 0 aliphatic carbocycles. The lowest BCUT2D eigenvalue weighted by molar-refractivity contribution is -0.138. The number of hydrogen-bond donors (Lipinski definition) is 0. The molecule has 0 heterocycles. The summed E-state index contributed by atoms with van der Waals surface area (Å²) in [6.07, 6.45) is -4.57. The minimum Gasteiger partial charge on any atom is -0.335 e. The van der Waals surface area contributed by atoms with Crippen molar-refractivity contribution in [2.45, 2.75) is 20.0 Å². The highest BCUT2D eigenvalue weighted by Gasteiger charge is 2.36. The number of hydrogen-bond acceptors (Lipinski definition) is 1. The fourth-order valence-electron chi connectivity index (χ4n) is 1.76. The van der Waals surface area contributed by atoms with Crippen molar-refractivity contribution in [2.24, 2.45) is 0 Å². The number of likely N-dealkylation sites (N-methyl/N-ethyl adjacent to an activating group) is 1. The largest absolute Gasteiger partial charge is 0.417 e. The zero-order chi connectivity index (χ0) is 15.5. The van der Waals surface area contributed by atoms with E-state index in [-0.39, 0.29) is 16.6 Å². The van der Waals surface area contributed by atoms with Crippen LogP contribution in [-0.4, -0.2) is 23.9 Å². The van der Waals surface area contributed by atoms with Gasteiger partial charge in [0, 0.05) is 17.6 Å². The maximum atomic E-state index is 13.0. The Hall–Kier alpha value is -1.30. The van der Waals surface area contributed by atoms with Crippen molar-refractivity contribution in [2.75, 3.05) is 13.1 Å². The summed E-state index contributed by atoms with van der Waals surface area (Å²) in [6.45, 7) is 7.68. The summed E-state index contributed by atoms with van der Waals surface area (Å²) < 4.78 is 39.3. The van der Waals surface area contributed by atoms with Gasteiger partial charge in [0.05, 0.1) is 11.1 Å². The Morgan fingerprint density at radius 2 is 2.00 bits per heavy atom. The molecule has 20 heavy (non-hydrogen) atoms. The van der Waals surface area contributed by atoms with Gasteiger partial charge in [-0.1, -0.05) is 28.1 Å². The second-order valence-corrected chi connectivity index (χ2v) is 5.38. The van der Waals surface area contributed by atoms with Gasteiger partial charge in [-0.05, 0) is 32.0 Å². The third kappa shape index (κ3) is 4.10. The molecule has 1 amide bonds. The van der Waals surface area contributed by atoms with E-state index in [1.165, 1.54) is 17.0 Å². The monoisotopic (exact) mass is 349 g/mol. The molecule has 1 rings (SSSR count). The second-order valence-electron chi connectivity index (χ2n) is 4.46. The molecule has 0 atom stereocenters. The molecule has 1 aromatic rings. The summed E-state index contributed by atoms with van der Waals surface area (Å²) in [5.74, 6) is -0.643. The predicted octanol–water partition coefficient (Wildman–Crippen LogP) is 4.51. The molecule has 0 aliphatic heterocycles. The summed E-state index contributed by atoms with van der Waals surface area (Å²) >= 11 is 2.99. The maximum absolute atomic E-state index is 13.0. The molecule has 2 nitrogen and oxygen atoms in total. The lowest BCUT2D eigenvalue weighted by atomic mass is 10.1. The van der Waals surface area contributed by atoms with Crippen LogP contribution in [0.5, 0.6) is 0 Å². The molecule has 110 valence electrons. The molecule has 6 heteroatoms. The number of benzene rings is 1. The van der Waals surface area contributed by atoms with Gasteiger partial charge in [0.2, 0.25) is 0 Å². The Labute approximate surface area is 124 Å². The van der Waals surface area contributed by atoms with Crippen LogP contribution in [0.4, 0.5) is 13.2 Å². The van der Waals surface area contributed by atoms with E-state index in [9.17, 15) is 18.0 Å². The Bertz CT molecular complexity index is 526. The third-order valence-electron chi connectivity index (χ3n) is 2.65. The normalized spacial score (nSPS) is 11.3. The Morgan fingerprint density at radius 3 is 2.45 bits per heavy atom. The van der Waals surface area contributed by atoms with Gasteiger partial charge in [-0.2, -0.15) is 13.2 Å². The van der Waals surface area contributed by atoms with E-state index in [1.54, 1.807) is 13.8 Å². The first-order valence-corrected chi connectivity index (χ1v) is 6.76. The molecule has 0 unspecified atom stereocenters. The molecular formula is C14H15BrF3NO. The minimum atomic E-state index is -4.57. The summed E-state index contributed by atoms with van der Waals surface area (Å²) in [5.41, 5.74) is -0.563. The van der Waals surface area contributed by atoms with E-state index >= 15 is 0 Å². The lowest BCUT2D eigenvalue weighted by Gasteiger charge is -2.23. The van der Waals surface area contributed by atoms with Gasteiger partial charge in [-0.25, -0.2) is 0 Å². The van der Waals surface area contributed by atoms with Gasteiger partial charge >= 0.3 is 6.18 Å². The van der Waals surface area contributed by atoms with Crippen molar-refractivity contribution in [3.8, 4) is 0 Å². The fraction of sp³-hybridized carbons (Fsp3) is 0.357. The zero-order valence-electron chi connectivity index (χ0n) is 11.2. The number of carbonyl (C=O) groups excluding carboxylic acids is 1. The molecule has 0 radical (unpaired) electrons. The predicted molar refractivity (Wildman–Crippen MR) is 75.5 cm³/mol. The highest BCUT2D eigenvalue weighted by atomic mass is 79.9. The smallest absolute Gasteiger partial charge is 0.335 e. The number of carbonyl (C=O) groups is 1. The third-order valence-corrected chi connectivity index (χ3v) is 3.14. The van der Waals surface area contributed by atoms with E-state index in [0.717, 1.165) is 6.07 Å². The minimum absolute atomic E-state index is 0.239. The molecule has 0 spiro atoms. The van der Waals surface area contributed by atoms with Crippen LogP contribution in [-0.2, 0) is 6.18 Å². The van der Waals surface area contributed by atoms with Gasteiger partial charge in [0.1, 0.15) is 0 Å². The van der Waals surface area contributed by atoms with E-state index in [0.29, 0.717) is 12.1 Å². The first-order valence-electron chi connectivity index (χ1n) is 5.97. The number of nitrogens with zero attached hydrogens (tertiary/aromatic N) is 1. The van der Waals surface area contributed by atoms with E-state index < -0.39 is 17.6 Å². The molecule has 0 fully saturated rings. The van der Waals surface area contributed by atoms with Crippen LogP contribution in [0.1, 0.15) is 29.8 Å². The molecule has 0 aliphatic rings. The van der Waals surface area contributed by atoms with Crippen LogP contribution in [0.25, 0.3) is 0 Å². The van der Waals surface area contributed by atoms with Crippen LogP contribution in [0.15, 0.2) is 34.8 Å². The SMILES string of the molecule is C=C(C)CN(CC)C(=O)c1ccc(Br)cc1C(F)(F)F. The highest BCUT2D eigenvalue weighted by Crippen LogP contribution is 2.34. The van der Waals surface area contributed by atoms with Crippen LogP contribution in [0.3, 0.4) is 0 Å². The van der Waals surface area contributed by atoms with E-state index in [1.807, 2.05) is 0 Å². The molecule has 0 aromatic heterocycles. The van der Waals surface area contributed by atoms with Crippen LogP contribution in [0.2, 0.25) is 0 Å². The van der Waals surface area contributed by atoms with Crippen molar-refractivity contribution in [1.82, 2.24) is 4.90 Å². The molecule has 0 bridgehead atoms. The van der Waals surface area contributed by atoms with Gasteiger partial charge < -0.3 is 4.90 Å². The molecule has 0 saturated heterocycles. The van der Waals surface area contributed by atoms with E-state index in [4.69, 9.17) is 0 Å². The van der Waals surface area contributed by atoms with Gasteiger partial charge in [-0.3, -0.25) is 4.79 Å². The summed E-state index contributed by atoms with van der Waals surface area (Å²) in [4.78, 5) is 13.6. The maximum Gasteiger partial charge on any atom is 0.417 e. The number of amides is 1. The van der Waals surface area contributed by atoms with Crippen molar-refractivity contribution >= 4 is 21.8 Å². The van der Waals surface area contributed by atoms with Crippen molar-refractivity contribution in [1.29, 1.82) is 0 Å². The van der Waals surface area contributed by atoms with Gasteiger partial charge in [0.25, 0.3) is 5.91 Å². The summed E-state index contributed by atoms with van der Waals surface area (Å²) in [6, 6.07) is 3.54. The Balaban J connectivity index is 3.24. The van der Waals surface area contributed by atoms with Crippen LogP contribution < -0.4 is 0 Å². The highest BCUT2D eigenvalue weighted by molar-refractivity contribution is 9.10. The van der Waals surface area contributed by atoms with Crippen molar-refractivity contribution in [3.63, 3.8) is 0 Å². The number of rotatable bonds is 4. The van der Waals surface area contributed by atoms with Gasteiger partial charge in [0.15, 0.2) is 0 Å². The van der Waals surface area contributed by atoms with E-state index in [2.05, 4.69) is 22.5 Å². The number of halogens is 4. The number of alkyl halides is 3. The lowest BCUT2D eigenvalue weighted by Crippen LogP contribution is -2.33. The first-order chi connectivity index (χ1) is 9.16. The summed E-state index contributed by atoms with van der Waals surface area (Å²) in [7, 11) is 0. The second kappa shape index (κ2) is 6.43. The standard InChI is InChI=1S/C14H15BrF3NO/c1-4-19(8-9(2)3)13(20)11-6-5-10(15)7-12(11)14(16,17)18/h5-7H,2,4,8H2,1,3H3. The van der Waals surface area contributed by atoms with Crippen LogP contribution >= 0.6 is 15.9 Å². The zero-order valence-corrected chi connectivity index (χ0v) is 12.8. The van der Waals surface area contributed by atoms with Crippen molar-refractivity contribution < 1.29 is 18.0 Å². The topological polar surface area (TPSA) is 20.3 Å². The summed E-state index contributed by atoms with van der Waals surface area (Å²) in [5, 5.41) is 0. The molecular weight excluding hydrogens is 335 g/mol. The Kier molecular flexibility index (Phi) is 5.39. The molecule has 1 aromatic carbocycles. The quantitative estimate of drug-likeness (QED) is 0.732.